The van der Waals surface area contributed by atoms with Gasteiger partial charge in [0.25, 0.3) is 5.91 Å². The summed E-state index contributed by atoms with van der Waals surface area (Å²) in [5.74, 6) is -2.60. The number of halogens is 5. The smallest absolute Gasteiger partial charge is 0.367 e. The lowest BCUT2D eigenvalue weighted by Crippen LogP contribution is -2.50. The number of nitrogens with one attached hydrogen (secondary N) is 2. The molecule has 1 unspecified atom stereocenters. The highest BCUT2D eigenvalue weighted by atomic mass is 19.4. The molecule has 2 aliphatic rings. The van der Waals surface area contributed by atoms with E-state index in [0.29, 0.717) is 56.5 Å². The third-order valence-corrected chi connectivity index (χ3v) is 6.58. The molecule has 0 aliphatic carbocycles. The van der Waals surface area contributed by atoms with Crippen LogP contribution in [-0.2, 0) is 6.18 Å². The van der Waals surface area contributed by atoms with E-state index >= 15 is 4.39 Å². The maximum atomic E-state index is 15.3. The standard InChI is InChI=1S/C25H27F5N4O/c1-15-14-34(10-9-33(15)2)23-13-21(27)19(16-5-7-31-8-6-16)12-22(23)32-24(35)18-4-3-17(26)11-20(18)25(28,29)30/h3-5,11-13,15,31H,6-10,14H2,1-2H3,(H,32,35). The predicted molar refractivity (Wildman–Crippen MR) is 126 cm³/mol. The number of benzene rings is 2. The minimum absolute atomic E-state index is 0.149. The minimum atomic E-state index is -4.92. The van der Waals surface area contributed by atoms with Crippen LogP contribution >= 0.6 is 0 Å². The molecule has 1 atom stereocenters. The molecule has 2 heterocycles. The average Bonchev–Trinajstić information content (AvgIpc) is 2.81. The van der Waals surface area contributed by atoms with Gasteiger partial charge < -0.3 is 20.4 Å². The largest absolute Gasteiger partial charge is 0.417 e. The summed E-state index contributed by atoms with van der Waals surface area (Å²) < 4.78 is 69.4. The van der Waals surface area contributed by atoms with Crippen molar-refractivity contribution in [1.82, 2.24) is 10.2 Å². The Bertz CT molecular complexity index is 1150. The third-order valence-electron chi connectivity index (χ3n) is 6.58. The van der Waals surface area contributed by atoms with Crippen molar-refractivity contribution >= 4 is 22.9 Å². The van der Waals surface area contributed by atoms with Crippen molar-refractivity contribution in [2.45, 2.75) is 25.6 Å². The number of likely N-dealkylation sites (N-methyl/N-ethyl adjacent to an activating group) is 1. The lowest BCUT2D eigenvalue weighted by Gasteiger charge is -2.39. The van der Waals surface area contributed by atoms with Crippen LogP contribution in [0.2, 0.25) is 0 Å². The first kappa shape index (κ1) is 25.1. The highest BCUT2D eigenvalue weighted by Crippen LogP contribution is 2.37. The topological polar surface area (TPSA) is 47.6 Å². The van der Waals surface area contributed by atoms with Gasteiger partial charge in [0.2, 0.25) is 0 Å². The molecule has 2 aromatic carbocycles. The summed E-state index contributed by atoms with van der Waals surface area (Å²) in [7, 11) is 1.98. The Labute approximate surface area is 200 Å². The van der Waals surface area contributed by atoms with E-state index in [2.05, 4.69) is 15.5 Å². The summed E-state index contributed by atoms with van der Waals surface area (Å²) in [6.45, 7) is 5.05. The summed E-state index contributed by atoms with van der Waals surface area (Å²) in [4.78, 5) is 17.1. The number of hydrogen-bond donors (Lipinski definition) is 2. The second kappa shape index (κ2) is 9.94. The van der Waals surface area contributed by atoms with E-state index in [9.17, 15) is 22.4 Å². The highest BCUT2D eigenvalue weighted by molar-refractivity contribution is 6.07. The van der Waals surface area contributed by atoms with Gasteiger partial charge in [-0.1, -0.05) is 6.08 Å². The molecular weight excluding hydrogens is 467 g/mol. The first-order valence-corrected chi connectivity index (χ1v) is 11.4. The van der Waals surface area contributed by atoms with Crippen LogP contribution < -0.4 is 15.5 Å². The van der Waals surface area contributed by atoms with Crippen LogP contribution in [0.4, 0.5) is 33.3 Å². The van der Waals surface area contributed by atoms with Crippen LogP contribution in [0.15, 0.2) is 36.4 Å². The van der Waals surface area contributed by atoms with Crippen LogP contribution in [0.5, 0.6) is 0 Å². The van der Waals surface area contributed by atoms with Gasteiger partial charge in [-0.15, -0.1) is 0 Å². The molecule has 0 saturated carbocycles. The SMILES string of the molecule is CC1CN(c2cc(F)c(C3=CCNCC3)cc2NC(=O)c2ccc(F)cc2C(F)(F)F)CCN1C. The van der Waals surface area contributed by atoms with E-state index in [0.717, 1.165) is 17.7 Å². The summed E-state index contributed by atoms with van der Waals surface area (Å²) in [5.41, 5.74) is -0.419. The van der Waals surface area contributed by atoms with Crippen LogP contribution in [-0.4, -0.2) is 56.6 Å². The van der Waals surface area contributed by atoms with Gasteiger partial charge >= 0.3 is 6.18 Å². The van der Waals surface area contributed by atoms with Crippen molar-refractivity contribution in [3.63, 3.8) is 0 Å². The summed E-state index contributed by atoms with van der Waals surface area (Å²) in [6, 6.07) is 4.89. The zero-order valence-electron chi connectivity index (χ0n) is 19.5. The summed E-state index contributed by atoms with van der Waals surface area (Å²) >= 11 is 0. The number of carbonyl (C=O) groups is 1. The summed E-state index contributed by atoms with van der Waals surface area (Å²) in [6.07, 6.45) is -2.49. The monoisotopic (exact) mass is 494 g/mol. The van der Waals surface area contributed by atoms with Gasteiger partial charge in [0.1, 0.15) is 11.6 Å². The van der Waals surface area contributed by atoms with E-state index in [-0.39, 0.29) is 11.7 Å². The normalized spacial score (nSPS) is 19.5. The number of carbonyl (C=O) groups excluding carboxylic acids is 1. The molecule has 5 nitrogen and oxygen atoms in total. The highest BCUT2D eigenvalue weighted by Gasteiger charge is 2.36. The van der Waals surface area contributed by atoms with Crippen molar-refractivity contribution in [2.75, 3.05) is 50.0 Å². The van der Waals surface area contributed by atoms with E-state index in [1.54, 1.807) is 0 Å². The molecule has 35 heavy (non-hydrogen) atoms. The van der Waals surface area contributed by atoms with Gasteiger partial charge in [-0.05, 0) is 62.8 Å². The number of amides is 1. The molecule has 1 fully saturated rings. The molecule has 4 rings (SSSR count). The Morgan fingerprint density at radius 2 is 1.91 bits per heavy atom. The quantitative estimate of drug-likeness (QED) is 0.603. The number of anilines is 2. The van der Waals surface area contributed by atoms with Crippen LogP contribution in [0, 0.1) is 11.6 Å². The minimum Gasteiger partial charge on any atom is -0.367 e. The Kier molecular flexibility index (Phi) is 7.14. The Morgan fingerprint density at radius 1 is 1.14 bits per heavy atom. The molecule has 188 valence electrons. The predicted octanol–water partition coefficient (Wildman–Crippen LogP) is 4.75. The van der Waals surface area contributed by atoms with E-state index in [1.165, 1.54) is 12.1 Å². The lowest BCUT2D eigenvalue weighted by atomic mass is 9.97. The fourth-order valence-electron chi connectivity index (χ4n) is 4.44. The molecule has 0 spiro atoms. The second-order valence-electron chi connectivity index (χ2n) is 8.95. The van der Waals surface area contributed by atoms with Crippen molar-refractivity contribution in [3.05, 3.63) is 64.7 Å². The second-order valence-corrected chi connectivity index (χ2v) is 8.95. The first-order chi connectivity index (χ1) is 16.5. The molecule has 0 aromatic heterocycles. The maximum absolute atomic E-state index is 15.3. The molecule has 10 heteroatoms. The molecule has 2 aromatic rings. The molecule has 2 aliphatic heterocycles. The van der Waals surface area contributed by atoms with Gasteiger partial charge in [0.05, 0.1) is 22.5 Å². The Morgan fingerprint density at radius 3 is 2.57 bits per heavy atom. The number of nitrogens with zero attached hydrogens (tertiary/aromatic N) is 2. The molecular formula is C25H27F5N4O. The molecule has 2 N–H and O–H groups in total. The lowest BCUT2D eigenvalue weighted by molar-refractivity contribution is -0.138. The average molecular weight is 495 g/mol. The van der Waals surface area contributed by atoms with Gasteiger partial charge in [-0.25, -0.2) is 8.78 Å². The van der Waals surface area contributed by atoms with Crippen molar-refractivity contribution in [1.29, 1.82) is 0 Å². The van der Waals surface area contributed by atoms with E-state index < -0.39 is 34.8 Å². The van der Waals surface area contributed by atoms with E-state index in [1.807, 2.05) is 24.9 Å². The number of hydrogen-bond acceptors (Lipinski definition) is 4. The third kappa shape index (κ3) is 5.48. The molecule has 1 amide bonds. The Balaban J connectivity index is 1.76. The number of alkyl halides is 3. The number of rotatable bonds is 4. The van der Waals surface area contributed by atoms with E-state index in [4.69, 9.17) is 0 Å². The zero-order valence-corrected chi connectivity index (χ0v) is 19.5. The van der Waals surface area contributed by atoms with Crippen molar-refractivity contribution in [3.8, 4) is 0 Å². The fraction of sp³-hybridized carbons (Fsp3) is 0.400. The van der Waals surface area contributed by atoms with Gasteiger partial charge in [0, 0.05) is 37.8 Å². The van der Waals surface area contributed by atoms with Crippen molar-refractivity contribution < 1.29 is 26.7 Å². The zero-order chi connectivity index (χ0) is 25.3. The molecule has 1 saturated heterocycles. The van der Waals surface area contributed by atoms with Crippen LogP contribution in [0.3, 0.4) is 0 Å². The first-order valence-electron chi connectivity index (χ1n) is 11.4. The summed E-state index contributed by atoms with van der Waals surface area (Å²) in [5, 5.41) is 5.71. The van der Waals surface area contributed by atoms with Gasteiger partial charge in [-0.2, -0.15) is 13.2 Å². The molecule has 0 radical (unpaired) electrons. The molecule has 0 bridgehead atoms. The van der Waals surface area contributed by atoms with Gasteiger partial charge in [0.15, 0.2) is 0 Å². The Hall–Kier alpha value is -2.98. The number of piperazine rings is 1. The fourth-order valence-corrected chi connectivity index (χ4v) is 4.44. The van der Waals surface area contributed by atoms with Gasteiger partial charge in [-0.3, -0.25) is 4.79 Å². The maximum Gasteiger partial charge on any atom is 0.417 e. The van der Waals surface area contributed by atoms with Crippen LogP contribution in [0.1, 0.15) is 34.8 Å². The van der Waals surface area contributed by atoms with Crippen LogP contribution in [0.25, 0.3) is 5.57 Å². The van der Waals surface area contributed by atoms with Crippen molar-refractivity contribution in [2.24, 2.45) is 0 Å².